The van der Waals surface area contributed by atoms with Crippen LogP contribution in [0.25, 0.3) is 66.9 Å². The Kier molecular flexibility index (Phi) is 21.6. The summed E-state index contributed by atoms with van der Waals surface area (Å²) >= 11 is 0. The fraction of sp³-hybridized carbons (Fsp3) is 0.238. The van der Waals surface area contributed by atoms with Gasteiger partial charge in [-0.1, -0.05) is 91.0 Å². The molecule has 504 valence electrons. The molecule has 3 fully saturated rings. The zero-order valence-electron chi connectivity index (χ0n) is 48.9. The van der Waals surface area contributed by atoms with Crippen LogP contribution < -0.4 is 45.8 Å². The van der Waals surface area contributed by atoms with Gasteiger partial charge in [-0.3, -0.25) is 14.4 Å². The van der Waals surface area contributed by atoms with Crippen LogP contribution in [0.5, 0.6) is 51.7 Å². The molecule has 15 unspecified atom stereocenters. The number of phenols is 6. The van der Waals surface area contributed by atoms with Gasteiger partial charge in [0, 0.05) is 53.1 Å². The van der Waals surface area contributed by atoms with Gasteiger partial charge in [-0.15, -0.1) is 0 Å². The molecule has 34 heteroatoms. The number of rotatable bonds is 12. The van der Waals surface area contributed by atoms with Crippen LogP contribution in [0.15, 0.2) is 155 Å². The van der Waals surface area contributed by atoms with Crippen molar-refractivity contribution in [3.8, 4) is 85.7 Å². The van der Waals surface area contributed by atoms with Gasteiger partial charge in [-0.05, 0) is 0 Å². The van der Waals surface area contributed by atoms with E-state index < -0.39 is 178 Å². The van der Waals surface area contributed by atoms with Crippen LogP contribution in [0.3, 0.4) is 0 Å². The van der Waals surface area contributed by atoms with Crippen LogP contribution in [0, 0.1) is 0 Å². The summed E-state index contributed by atoms with van der Waals surface area (Å²) in [6.45, 7) is 0. The molecule has 15 N–H and O–H groups in total. The molecule has 0 saturated carbocycles. The van der Waals surface area contributed by atoms with Crippen molar-refractivity contribution in [1.29, 1.82) is 0 Å². The molecule has 3 aliphatic rings. The fourth-order valence-electron chi connectivity index (χ4n) is 10.1. The fourth-order valence-corrected chi connectivity index (χ4v) is 10.1. The Morgan fingerprint density at radius 1 is 0.330 bits per heavy atom. The predicted molar refractivity (Wildman–Crippen MR) is 311 cm³/mol. The molecule has 33 nitrogen and oxygen atoms in total. The van der Waals surface area contributed by atoms with Gasteiger partial charge in [-0.25, -0.2) is 0 Å². The van der Waals surface area contributed by atoms with Crippen molar-refractivity contribution in [2.75, 3.05) is 0 Å². The van der Waals surface area contributed by atoms with Crippen LogP contribution in [-0.2, 0) is 61.3 Å². The van der Waals surface area contributed by atoms with Crippen molar-refractivity contribution in [3.05, 3.63) is 158 Å². The van der Waals surface area contributed by atoms with Gasteiger partial charge in [0.2, 0.25) is 36.1 Å². The van der Waals surface area contributed by atoms with Gasteiger partial charge >= 0.3 is 32.7 Å². The van der Waals surface area contributed by atoms with E-state index in [9.17, 15) is 121 Å². The van der Waals surface area contributed by atoms with Crippen molar-refractivity contribution >= 4 is 50.8 Å². The molecule has 15 atom stereocenters. The first-order valence-corrected chi connectivity index (χ1v) is 28.0. The number of carboxylic acids is 3. The summed E-state index contributed by atoms with van der Waals surface area (Å²) < 4.78 is 47.6. The average molecular weight is 1420 g/mol. The Bertz CT molecular complexity index is 4130. The smallest absolute Gasteiger partial charge is 0.547 e. The molecular formula is C63H51O33Y. The summed E-state index contributed by atoms with van der Waals surface area (Å²) in [5.74, 6) is -12.2. The molecule has 3 saturated heterocycles. The number of carbonyl (C=O) groups excluding carboxylic acids is 3. The first-order chi connectivity index (χ1) is 45.6. The van der Waals surface area contributed by atoms with Crippen molar-refractivity contribution < 1.29 is 181 Å². The molecule has 0 amide bonds. The number of ether oxygens (including phenoxy) is 6. The number of phenolic OH excluding ortho intramolecular Hbond substituents is 6. The number of aliphatic carboxylic acids is 3. The molecule has 6 aromatic carbocycles. The van der Waals surface area contributed by atoms with E-state index in [0.717, 1.165) is 36.4 Å². The van der Waals surface area contributed by atoms with E-state index in [0.29, 0.717) is 16.7 Å². The van der Waals surface area contributed by atoms with E-state index in [1.54, 1.807) is 91.0 Å². The summed E-state index contributed by atoms with van der Waals surface area (Å²) in [4.78, 5) is 71.0. The number of aliphatic hydroxyl groups excluding tert-OH is 9. The van der Waals surface area contributed by atoms with Crippen LogP contribution in [0.4, 0.5) is 0 Å². The third-order valence-electron chi connectivity index (χ3n) is 15.1. The van der Waals surface area contributed by atoms with E-state index in [2.05, 4.69) is 0 Å². The molecule has 3 aromatic heterocycles. The second-order valence-corrected chi connectivity index (χ2v) is 21.4. The molecule has 97 heavy (non-hydrogen) atoms. The van der Waals surface area contributed by atoms with Crippen LogP contribution in [-0.4, -0.2) is 187 Å². The number of hydrogen-bond donors (Lipinski definition) is 15. The first-order valence-electron chi connectivity index (χ1n) is 28.0. The molecule has 0 bridgehead atoms. The summed E-state index contributed by atoms with van der Waals surface area (Å²) in [5, 5.41) is 183. The third kappa shape index (κ3) is 14.4. The maximum atomic E-state index is 12.5. The van der Waals surface area contributed by atoms with Gasteiger partial charge in [0.1, 0.15) is 123 Å². The summed E-state index contributed by atoms with van der Waals surface area (Å²) in [5.41, 5.74) is -0.877. The molecule has 9 aromatic rings. The molecule has 0 aliphatic carbocycles. The molecule has 12 rings (SSSR count). The zero-order chi connectivity index (χ0) is 69.5. The summed E-state index contributed by atoms with van der Waals surface area (Å²) in [6, 6.07) is 32.2. The molecular weight excluding hydrogens is 1370 g/mol. The van der Waals surface area contributed by atoms with E-state index >= 15 is 0 Å². The predicted octanol–water partition coefficient (Wildman–Crippen LogP) is -3.58. The minimum atomic E-state index is -2.04. The standard InChI is InChI=1S/3C21H18O11.Y/c3*22-9-6-10(8-4-2-1-3-5-8)30-11-7-12(14(23)15(24)13(9)11)31-21-18(27)16(25)17(26)19(32-21)20(28)29;/h3*1-7,16-19,21,23-27H,(H,28,29);/q;;;+3/p-3. The van der Waals surface area contributed by atoms with Gasteiger partial charge in [0.15, 0.2) is 50.8 Å². The van der Waals surface area contributed by atoms with Crippen molar-refractivity contribution in [2.45, 2.75) is 92.1 Å². The van der Waals surface area contributed by atoms with Gasteiger partial charge in [0.25, 0.3) is 0 Å². The minimum absolute atomic E-state index is 0. The van der Waals surface area contributed by atoms with Gasteiger partial charge in [-0.2, -0.15) is 0 Å². The monoisotopic (exact) mass is 1420 g/mol. The van der Waals surface area contributed by atoms with Crippen molar-refractivity contribution in [1.82, 2.24) is 0 Å². The van der Waals surface area contributed by atoms with Gasteiger partial charge in [0.05, 0.1) is 17.9 Å². The van der Waals surface area contributed by atoms with Crippen molar-refractivity contribution in [2.24, 2.45) is 0 Å². The Morgan fingerprint density at radius 2 is 0.557 bits per heavy atom. The van der Waals surface area contributed by atoms with E-state index in [1.165, 1.54) is 0 Å². The number of aromatic hydroxyl groups is 6. The van der Waals surface area contributed by atoms with Crippen molar-refractivity contribution in [3.63, 3.8) is 0 Å². The van der Waals surface area contributed by atoms with Crippen LogP contribution in [0.1, 0.15) is 0 Å². The van der Waals surface area contributed by atoms with Crippen LogP contribution >= 0.6 is 0 Å². The Labute approximate surface area is 564 Å². The molecule has 6 heterocycles. The summed E-state index contributed by atoms with van der Waals surface area (Å²) in [6.07, 6.45) is -29.5. The molecule has 3 aliphatic heterocycles. The largest absolute Gasteiger partial charge is 3.00 e. The number of fused-ring (bicyclic) bond motifs is 3. The van der Waals surface area contributed by atoms with E-state index in [-0.39, 0.29) is 82.9 Å². The number of carbonyl (C=O) groups is 3. The normalized spacial score (nSPS) is 25.3. The third-order valence-corrected chi connectivity index (χ3v) is 15.1. The average Bonchev–Trinajstić information content (AvgIpc) is 0.777. The summed E-state index contributed by atoms with van der Waals surface area (Å²) in [7, 11) is 0. The quantitative estimate of drug-likeness (QED) is 0.0526. The number of hydrogen-bond acceptors (Lipinski definition) is 33. The molecule has 0 radical (unpaired) electrons. The SMILES string of the molecule is O=C([O-])C1OC(Oc2cc3oc(-c4ccccc4)cc(=O)c3c(O)c2O)C(O)C(O)C1O.O=C([O-])C1OC(Oc2cc3oc(-c4ccccc4)cc(=O)c3c(O)c2O)C(O)C(O)C1O.O=C([O-])C1OC(Oc2cc3oc(-c4ccccc4)cc(=O)c3c(O)c2O)C(O)C(O)C1O.[Y+3]. The Balaban J connectivity index is 0.000000170. The number of aliphatic hydroxyl groups is 9. The maximum absolute atomic E-state index is 12.5. The molecule has 0 spiro atoms. The maximum Gasteiger partial charge on any atom is 3.00 e. The van der Waals surface area contributed by atoms with E-state index in [4.69, 9.17) is 41.7 Å². The zero-order valence-corrected chi connectivity index (χ0v) is 51.8. The second-order valence-electron chi connectivity index (χ2n) is 21.4. The van der Waals surface area contributed by atoms with Crippen LogP contribution in [0.2, 0.25) is 0 Å². The minimum Gasteiger partial charge on any atom is -0.547 e. The Morgan fingerprint density at radius 3 is 0.773 bits per heavy atom. The Hall–Kier alpha value is -9.82. The topological polar surface area (TPSA) is 570 Å². The second kappa shape index (κ2) is 29.3. The number of carboxylic acid groups (broad SMARTS) is 3. The van der Waals surface area contributed by atoms with E-state index in [1.807, 2.05) is 0 Å². The number of benzene rings is 6. The first kappa shape index (κ1) is 71.5. The van der Waals surface area contributed by atoms with Gasteiger partial charge < -0.3 is 148 Å².